The van der Waals surface area contributed by atoms with E-state index in [9.17, 15) is 4.79 Å². The summed E-state index contributed by atoms with van der Waals surface area (Å²) in [6.45, 7) is 2.56. The number of rotatable bonds is 7. The number of benzene rings is 2. The Kier molecular flexibility index (Phi) is 5.86. The van der Waals surface area contributed by atoms with Gasteiger partial charge in [-0.1, -0.05) is 12.1 Å². The largest absolute Gasteiger partial charge is 0.497 e. The van der Waals surface area contributed by atoms with E-state index in [1.165, 1.54) is 0 Å². The molecule has 1 N–H and O–H groups in total. The fourth-order valence-electron chi connectivity index (χ4n) is 2.14. The van der Waals surface area contributed by atoms with Gasteiger partial charge in [-0.2, -0.15) is 0 Å². The van der Waals surface area contributed by atoms with Crippen LogP contribution in [0.2, 0.25) is 0 Å². The molecule has 0 aliphatic heterocycles. The Morgan fingerprint density at radius 2 is 1.57 bits per heavy atom. The van der Waals surface area contributed by atoms with Gasteiger partial charge in [0.25, 0.3) is 0 Å². The molecule has 0 radical (unpaired) electrons. The minimum Gasteiger partial charge on any atom is -0.497 e. The van der Waals surface area contributed by atoms with Gasteiger partial charge in [-0.15, -0.1) is 0 Å². The average Bonchev–Trinajstić information content (AvgIpc) is 2.56. The monoisotopic (exact) mass is 315 g/mol. The maximum atomic E-state index is 12.2. The molecule has 0 aliphatic rings. The summed E-state index contributed by atoms with van der Waals surface area (Å²) in [5.41, 5.74) is 1.55. The molecule has 2 rings (SSSR count). The van der Waals surface area contributed by atoms with Gasteiger partial charge >= 0.3 is 0 Å². The van der Waals surface area contributed by atoms with Crippen LogP contribution >= 0.6 is 0 Å². The van der Waals surface area contributed by atoms with Gasteiger partial charge in [0.15, 0.2) is 0 Å². The summed E-state index contributed by atoms with van der Waals surface area (Å²) < 4.78 is 15.8. The Bertz CT molecular complexity index is 630. The number of hydrogen-bond donors (Lipinski definition) is 1. The van der Waals surface area contributed by atoms with Crippen molar-refractivity contribution in [1.29, 1.82) is 0 Å². The first-order valence-electron chi connectivity index (χ1n) is 7.39. The summed E-state index contributed by atoms with van der Waals surface area (Å²) in [6.07, 6.45) is 0.284. The summed E-state index contributed by atoms with van der Waals surface area (Å²) in [4.78, 5) is 12.2. The molecule has 0 saturated carbocycles. The van der Waals surface area contributed by atoms with E-state index in [1.54, 1.807) is 32.4 Å². The molecule has 0 spiro atoms. The van der Waals surface area contributed by atoms with Crippen LogP contribution in [-0.2, 0) is 11.2 Å². The van der Waals surface area contributed by atoms with Crippen LogP contribution in [-0.4, -0.2) is 26.7 Å². The van der Waals surface area contributed by atoms with Gasteiger partial charge in [0, 0.05) is 23.9 Å². The molecule has 2 aromatic rings. The second kappa shape index (κ2) is 8.08. The van der Waals surface area contributed by atoms with Gasteiger partial charge < -0.3 is 19.5 Å². The third kappa shape index (κ3) is 4.92. The molecule has 122 valence electrons. The second-order valence-corrected chi connectivity index (χ2v) is 4.90. The number of nitrogens with one attached hydrogen (secondary N) is 1. The summed E-state index contributed by atoms with van der Waals surface area (Å²) in [6, 6.07) is 12.7. The van der Waals surface area contributed by atoms with Gasteiger partial charge in [0.1, 0.15) is 17.2 Å². The first-order valence-corrected chi connectivity index (χ1v) is 7.39. The van der Waals surface area contributed by atoms with Gasteiger partial charge in [-0.3, -0.25) is 4.79 Å². The molecule has 23 heavy (non-hydrogen) atoms. The zero-order valence-electron chi connectivity index (χ0n) is 13.6. The molecule has 0 bridgehead atoms. The topological polar surface area (TPSA) is 56.8 Å². The van der Waals surface area contributed by atoms with Crippen molar-refractivity contribution >= 4 is 11.6 Å². The number of anilines is 1. The smallest absolute Gasteiger partial charge is 0.228 e. The van der Waals surface area contributed by atoms with Crippen LogP contribution < -0.4 is 19.5 Å². The van der Waals surface area contributed by atoms with Crippen molar-refractivity contribution in [1.82, 2.24) is 0 Å². The minimum absolute atomic E-state index is 0.107. The van der Waals surface area contributed by atoms with E-state index < -0.39 is 0 Å². The van der Waals surface area contributed by atoms with Gasteiger partial charge in [0.05, 0.1) is 27.2 Å². The van der Waals surface area contributed by atoms with E-state index in [0.29, 0.717) is 23.8 Å². The second-order valence-electron chi connectivity index (χ2n) is 4.90. The molecule has 0 atom stereocenters. The van der Waals surface area contributed by atoms with Gasteiger partial charge in [-0.25, -0.2) is 0 Å². The van der Waals surface area contributed by atoms with Gasteiger partial charge in [0.2, 0.25) is 5.91 Å². The predicted molar refractivity (Wildman–Crippen MR) is 89.5 cm³/mol. The highest BCUT2D eigenvalue weighted by Gasteiger charge is 2.07. The van der Waals surface area contributed by atoms with Crippen molar-refractivity contribution < 1.29 is 19.0 Å². The molecule has 0 aliphatic carbocycles. The van der Waals surface area contributed by atoms with E-state index >= 15 is 0 Å². The van der Waals surface area contributed by atoms with Crippen molar-refractivity contribution in [2.75, 3.05) is 26.1 Å². The SMILES string of the molecule is CCOc1ccc(CC(=O)Nc2cc(OC)cc(OC)c2)cc1. The maximum Gasteiger partial charge on any atom is 0.228 e. The normalized spacial score (nSPS) is 10.0. The highest BCUT2D eigenvalue weighted by atomic mass is 16.5. The predicted octanol–water partition coefficient (Wildman–Crippen LogP) is 3.28. The van der Waals surface area contributed by atoms with Crippen LogP contribution in [0.1, 0.15) is 12.5 Å². The number of amides is 1. The minimum atomic E-state index is -0.107. The number of hydrogen-bond acceptors (Lipinski definition) is 4. The van der Waals surface area contributed by atoms with Crippen LogP contribution in [0.25, 0.3) is 0 Å². The summed E-state index contributed by atoms with van der Waals surface area (Å²) in [5.74, 6) is 1.94. The van der Waals surface area contributed by atoms with Crippen molar-refractivity contribution in [3.05, 3.63) is 48.0 Å². The zero-order valence-corrected chi connectivity index (χ0v) is 13.6. The maximum absolute atomic E-state index is 12.2. The third-order valence-corrected chi connectivity index (χ3v) is 3.23. The molecule has 0 saturated heterocycles. The molecule has 0 unspecified atom stereocenters. The van der Waals surface area contributed by atoms with Crippen molar-refractivity contribution in [3.63, 3.8) is 0 Å². The molecule has 1 amide bonds. The quantitative estimate of drug-likeness (QED) is 0.852. The average molecular weight is 315 g/mol. The lowest BCUT2D eigenvalue weighted by molar-refractivity contribution is -0.115. The highest BCUT2D eigenvalue weighted by Crippen LogP contribution is 2.25. The highest BCUT2D eigenvalue weighted by molar-refractivity contribution is 5.92. The molecule has 0 fully saturated rings. The Hall–Kier alpha value is -2.69. The van der Waals surface area contributed by atoms with Crippen molar-refractivity contribution in [3.8, 4) is 17.2 Å². The van der Waals surface area contributed by atoms with E-state index in [1.807, 2.05) is 31.2 Å². The molecule has 0 heterocycles. The lowest BCUT2D eigenvalue weighted by Crippen LogP contribution is -2.14. The number of carbonyl (C=O) groups excluding carboxylic acids is 1. The Balaban J connectivity index is 2.01. The lowest BCUT2D eigenvalue weighted by atomic mass is 10.1. The zero-order chi connectivity index (χ0) is 16.7. The molecule has 2 aromatic carbocycles. The Labute approximate surface area is 136 Å². The first kappa shape index (κ1) is 16.7. The summed E-state index contributed by atoms with van der Waals surface area (Å²) >= 11 is 0. The van der Waals surface area contributed by atoms with Crippen molar-refractivity contribution in [2.24, 2.45) is 0 Å². The first-order chi connectivity index (χ1) is 11.1. The molecule has 5 nitrogen and oxygen atoms in total. The van der Waals surface area contributed by atoms with E-state index in [0.717, 1.165) is 11.3 Å². The Morgan fingerprint density at radius 3 is 2.09 bits per heavy atom. The Morgan fingerprint density at radius 1 is 0.957 bits per heavy atom. The molecule has 0 aromatic heterocycles. The van der Waals surface area contributed by atoms with Crippen molar-refractivity contribution in [2.45, 2.75) is 13.3 Å². The molecular formula is C18H21NO4. The number of ether oxygens (including phenoxy) is 3. The van der Waals surface area contributed by atoms with Crippen LogP contribution in [0.5, 0.6) is 17.2 Å². The van der Waals surface area contributed by atoms with Crippen LogP contribution in [0.4, 0.5) is 5.69 Å². The molecular weight excluding hydrogens is 294 g/mol. The number of methoxy groups -OCH3 is 2. The lowest BCUT2D eigenvalue weighted by Gasteiger charge is -2.10. The fraction of sp³-hybridized carbons (Fsp3) is 0.278. The third-order valence-electron chi connectivity index (χ3n) is 3.23. The summed E-state index contributed by atoms with van der Waals surface area (Å²) in [5, 5.41) is 2.85. The summed E-state index contributed by atoms with van der Waals surface area (Å²) in [7, 11) is 3.14. The van der Waals surface area contributed by atoms with Gasteiger partial charge in [-0.05, 0) is 24.6 Å². The fourth-order valence-corrected chi connectivity index (χ4v) is 2.14. The van der Waals surface area contributed by atoms with E-state index in [4.69, 9.17) is 14.2 Å². The van der Waals surface area contributed by atoms with Crippen LogP contribution in [0, 0.1) is 0 Å². The van der Waals surface area contributed by atoms with Crippen LogP contribution in [0.3, 0.4) is 0 Å². The van der Waals surface area contributed by atoms with E-state index in [-0.39, 0.29) is 12.3 Å². The number of carbonyl (C=O) groups is 1. The van der Waals surface area contributed by atoms with Crippen LogP contribution in [0.15, 0.2) is 42.5 Å². The molecule has 5 heteroatoms. The van der Waals surface area contributed by atoms with E-state index in [2.05, 4.69) is 5.32 Å². The standard InChI is InChI=1S/C18H21NO4/c1-4-23-15-7-5-13(6-8-15)9-18(20)19-14-10-16(21-2)12-17(11-14)22-3/h5-8,10-12H,4,9H2,1-3H3,(H,19,20).